The normalized spacial score (nSPS) is 11.1. The number of anilines is 1. The summed E-state index contributed by atoms with van der Waals surface area (Å²) in [7, 11) is 0. The molecular weight excluding hydrogens is 417 g/mol. The molecule has 6 heteroatoms. The second kappa shape index (κ2) is 7.48. The minimum atomic E-state index is 0.0593. The Bertz CT molecular complexity index is 857. The van der Waals surface area contributed by atoms with Gasteiger partial charge in [0.05, 0.1) is 3.57 Å². The van der Waals surface area contributed by atoms with Crippen LogP contribution in [0.2, 0.25) is 0 Å². The van der Waals surface area contributed by atoms with Crippen LogP contribution in [0.3, 0.4) is 0 Å². The first kappa shape index (κ1) is 16.5. The Morgan fingerprint density at radius 2 is 1.92 bits per heavy atom. The number of rotatable bonds is 5. The molecule has 0 radical (unpaired) electrons. The van der Waals surface area contributed by atoms with Crippen molar-refractivity contribution >= 4 is 40.8 Å². The SMILES string of the molecule is Cc1ccc(COc2ccc(/C=C/c3nnc(N)o3)cc2I)cc1. The average Bonchev–Trinajstić information content (AvgIpc) is 2.99. The first-order valence-corrected chi connectivity index (χ1v) is 8.43. The maximum Gasteiger partial charge on any atom is 0.313 e. The number of nitrogen functional groups attached to an aromatic ring is 1. The molecule has 0 saturated heterocycles. The number of halogens is 1. The molecular formula is C18H16IN3O2. The zero-order valence-electron chi connectivity index (χ0n) is 13.1. The summed E-state index contributed by atoms with van der Waals surface area (Å²) in [6.45, 7) is 2.62. The summed E-state index contributed by atoms with van der Waals surface area (Å²) < 4.78 is 12.0. The molecule has 5 nitrogen and oxygen atoms in total. The van der Waals surface area contributed by atoms with Gasteiger partial charge in [0.15, 0.2) is 0 Å². The first-order chi connectivity index (χ1) is 11.6. The van der Waals surface area contributed by atoms with Crippen molar-refractivity contribution in [1.29, 1.82) is 0 Å². The van der Waals surface area contributed by atoms with Crippen LogP contribution in [0.15, 0.2) is 46.9 Å². The Morgan fingerprint density at radius 1 is 1.12 bits per heavy atom. The van der Waals surface area contributed by atoms with E-state index in [1.807, 2.05) is 24.3 Å². The molecule has 24 heavy (non-hydrogen) atoms. The lowest BCUT2D eigenvalue weighted by molar-refractivity contribution is 0.304. The van der Waals surface area contributed by atoms with Gasteiger partial charge in [0.1, 0.15) is 12.4 Å². The average molecular weight is 433 g/mol. The van der Waals surface area contributed by atoms with Crippen molar-refractivity contribution in [2.75, 3.05) is 5.73 Å². The fourth-order valence-electron chi connectivity index (χ4n) is 2.06. The quantitative estimate of drug-likeness (QED) is 0.607. The van der Waals surface area contributed by atoms with Crippen molar-refractivity contribution in [1.82, 2.24) is 10.2 Å². The van der Waals surface area contributed by atoms with Crippen molar-refractivity contribution in [3.8, 4) is 5.75 Å². The van der Waals surface area contributed by atoms with Gasteiger partial charge in [-0.2, -0.15) is 0 Å². The Hall–Kier alpha value is -2.35. The molecule has 1 aromatic heterocycles. The molecule has 2 N–H and O–H groups in total. The van der Waals surface area contributed by atoms with Gasteiger partial charge in [-0.15, -0.1) is 5.10 Å². The highest BCUT2D eigenvalue weighted by Crippen LogP contribution is 2.24. The highest BCUT2D eigenvalue weighted by molar-refractivity contribution is 14.1. The highest BCUT2D eigenvalue weighted by Gasteiger charge is 2.03. The summed E-state index contributed by atoms with van der Waals surface area (Å²) in [5.74, 6) is 1.23. The zero-order valence-corrected chi connectivity index (χ0v) is 15.2. The van der Waals surface area contributed by atoms with E-state index in [0.717, 1.165) is 20.4 Å². The summed E-state index contributed by atoms with van der Waals surface area (Å²) >= 11 is 2.26. The van der Waals surface area contributed by atoms with Crippen LogP contribution < -0.4 is 10.5 Å². The van der Waals surface area contributed by atoms with Crippen LogP contribution in [0.25, 0.3) is 12.2 Å². The van der Waals surface area contributed by atoms with Crippen molar-refractivity contribution in [3.05, 3.63) is 68.6 Å². The van der Waals surface area contributed by atoms with Crippen LogP contribution in [0.1, 0.15) is 22.6 Å². The summed E-state index contributed by atoms with van der Waals surface area (Å²) in [5, 5.41) is 7.39. The maximum absolute atomic E-state index is 5.89. The Morgan fingerprint density at radius 3 is 2.58 bits per heavy atom. The van der Waals surface area contributed by atoms with E-state index < -0.39 is 0 Å². The van der Waals surface area contributed by atoms with Crippen molar-refractivity contribution in [3.63, 3.8) is 0 Å². The van der Waals surface area contributed by atoms with Gasteiger partial charge >= 0.3 is 6.01 Å². The van der Waals surface area contributed by atoms with Crippen LogP contribution >= 0.6 is 22.6 Å². The van der Waals surface area contributed by atoms with Crippen LogP contribution in [0.5, 0.6) is 5.75 Å². The molecule has 0 aliphatic rings. The highest BCUT2D eigenvalue weighted by atomic mass is 127. The number of nitrogens with two attached hydrogens (primary N) is 1. The Balaban J connectivity index is 1.65. The van der Waals surface area contributed by atoms with E-state index in [2.05, 4.69) is 64.0 Å². The standard InChI is InChI=1S/C18H16IN3O2/c1-12-2-4-14(5-3-12)11-23-16-8-6-13(10-15(16)19)7-9-17-21-22-18(20)24-17/h2-10H,11H2,1H3,(H2,20,22)/b9-7+. The van der Waals surface area contributed by atoms with Crippen LogP contribution in [-0.2, 0) is 6.61 Å². The topological polar surface area (TPSA) is 74.2 Å². The van der Waals surface area contributed by atoms with E-state index in [9.17, 15) is 0 Å². The number of hydrogen-bond acceptors (Lipinski definition) is 5. The van der Waals surface area contributed by atoms with Gasteiger partial charge in [-0.25, -0.2) is 0 Å². The molecule has 0 bridgehead atoms. The molecule has 122 valence electrons. The lowest BCUT2D eigenvalue weighted by atomic mass is 10.2. The van der Waals surface area contributed by atoms with E-state index in [4.69, 9.17) is 14.9 Å². The number of nitrogens with zero attached hydrogens (tertiary/aromatic N) is 2. The van der Waals surface area contributed by atoms with Gasteiger partial charge in [-0.05, 0) is 58.9 Å². The molecule has 0 amide bonds. The predicted octanol–water partition coefficient (Wildman–Crippen LogP) is 4.31. The zero-order chi connectivity index (χ0) is 16.9. The van der Waals surface area contributed by atoms with E-state index in [0.29, 0.717) is 12.5 Å². The molecule has 0 unspecified atom stereocenters. The molecule has 0 atom stereocenters. The van der Waals surface area contributed by atoms with E-state index >= 15 is 0 Å². The van der Waals surface area contributed by atoms with Gasteiger partial charge < -0.3 is 14.9 Å². The lowest BCUT2D eigenvalue weighted by Gasteiger charge is -2.09. The maximum atomic E-state index is 5.89. The lowest BCUT2D eigenvalue weighted by Crippen LogP contribution is -1.97. The smallest absolute Gasteiger partial charge is 0.313 e. The number of ether oxygens (including phenoxy) is 1. The molecule has 0 aliphatic heterocycles. The van der Waals surface area contributed by atoms with Crippen LogP contribution in [0, 0.1) is 10.5 Å². The predicted molar refractivity (Wildman–Crippen MR) is 102 cm³/mol. The second-order valence-corrected chi connectivity index (χ2v) is 6.44. The Labute approximate surface area is 153 Å². The molecule has 0 spiro atoms. The second-order valence-electron chi connectivity index (χ2n) is 5.28. The molecule has 3 rings (SSSR count). The van der Waals surface area contributed by atoms with Gasteiger partial charge in [0.2, 0.25) is 5.89 Å². The number of hydrogen-bond donors (Lipinski definition) is 1. The molecule has 0 fully saturated rings. The van der Waals surface area contributed by atoms with Gasteiger partial charge in [-0.3, -0.25) is 0 Å². The minimum absolute atomic E-state index is 0.0593. The molecule has 3 aromatic rings. The minimum Gasteiger partial charge on any atom is -0.488 e. The third-order valence-corrected chi connectivity index (χ3v) is 4.19. The Kier molecular flexibility index (Phi) is 5.14. The molecule has 0 aliphatic carbocycles. The van der Waals surface area contributed by atoms with Crippen LogP contribution in [0.4, 0.5) is 6.01 Å². The van der Waals surface area contributed by atoms with Crippen molar-refractivity contribution < 1.29 is 9.15 Å². The van der Waals surface area contributed by atoms with Crippen LogP contribution in [-0.4, -0.2) is 10.2 Å². The van der Waals surface area contributed by atoms with Crippen molar-refractivity contribution in [2.45, 2.75) is 13.5 Å². The van der Waals surface area contributed by atoms with Gasteiger partial charge in [0, 0.05) is 6.08 Å². The van der Waals surface area contributed by atoms with Crippen molar-refractivity contribution in [2.24, 2.45) is 0 Å². The van der Waals surface area contributed by atoms with E-state index in [-0.39, 0.29) is 6.01 Å². The molecule has 2 aromatic carbocycles. The summed E-state index contributed by atoms with van der Waals surface area (Å²) in [4.78, 5) is 0. The third kappa shape index (κ3) is 4.35. The van der Waals surface area contributed by atoms with Gasteiger partial charge in [-0.1, -0.05) is 41.0 Å². The number of aryl methyl sites for hydroxylation is 1. The monoisotopic (exact) mass is 433 g/mol. The number of benzene rings is 2. The summed E-state index contributed by atoms with van der Waals surface area (Å²) in [6.07, 6.45) is 3.61. The van der Waals surface area contributed by atoms with E-state index in [1.54, 1.807) is 6.08 Å². The molecule has 1 heterocycles. The number of aromatic nitrogens is 2. The molecule has 0 saturated carbocycles. The third-order valence-electron chi connectivity index (χ3n) is 3.35. The fourth-order valence-corrected chi connectivity index (χ4v) is 2.76. The summed E-state index contributed by atoms with van der Waals surface area (Å²) in [6, 6.07) is 14.3. The summed E-state index contributed by atoms with van der Waals surface area (Å²) in [5.41, 5.74) is 8.79. The fraction of sp³-hybridized carbons (Fsp3) is 0.111. The first-order valence-electron chi connectivity index (χ1n) is 7.35. The van der Waals surface area contributed by atoms with E-state index in [1.165, 1.54) is 5.56 Å². The largest absolute Gasteiger partial charge is 0.488 e. The van der Waals surface area contributed by atoms with Gasteiger partial charge in [0.25, 0.3) is 0 Å².